The minimum absolute atomic E-state index is 0.0417. The molecule has 2 aromatic carbocycles. The van der Waals surface area contributed by atoms with Crippen molar-refractivity contribution < 1.29 is 13.3 Å². The highest BCUT2D eigenvalue weighted by atomic mass is 19.1. The van der Waals surface area contributed by atoms with E-state index in [9.17, 15) is 13.6 Å². The number of rotatable bonds is 3. The van der Waals surface area contributed by atoms with Crippen LogP contribution in [0.3, 0.4) is 0 Å². The average Bonchev–Trinajstić information content (AvgIpc) is 3.36. The maximum absolute atomic E-state index is 14.6. The van der Waals surface area contributed by atoms with Crippen molar-refractivity contribution in [3.05, 3.63) is 70.8 Å². The Balaban J connectivity index is 1.77. The van der Waals surface area contributed by atoms with Gasteiger partial charge in [0, 0.05) is 11.6 Å². The molecular formula is C21H15F2N5O2. The van der Waals surface area contributed by atoms with Gasteiger partial charge in [-0.05, 0) is 50.2 Å². The summed E-state index contributed by atoms with van der Waals surface area (Å²) in [6.45, 7) is 3.61. The molecule has 30 heavy (non-hydrogen) atoms. The molecule has 0 bridgehead atoms. The lowest BCUT2D eigenvalue weighted by Gasteiger charge is -2.16. The quantitative estimate of drug-likeness (QED) is 0.447. The number of fused-ring (bicyclic) bond motifs is 3. The van der Waals surface area contributed by atoms with Gasteiger partial charge in [0.15, 0.2) is 5.69 Å². The molecule has 9 heteroatoms. The Bertz CT molecular complexity index is 1470. The van der Waals surface area contributed by atoms with E-state index in [1.165, 1.54) is 45.6 Å². The van der Waals surface area contributed by atoms with Crippen LogP contribution in [0.1, 0.15) is 19.9 Å². The maximum atomic E-state index is 14.6. The molecule has 7 nitrogen and oxygen atoms in total. The SMILES string of the molecule is CC(C)n1c(=O)c2c(-c3nc(-c4ccc(F)cc4)no3)ncn2c2cccc(F)c21. The van der Waals surface area contributed by atoms with Crippen molar-refractivity contribution >= 4 is 16.6 Å². The molecule has 0 unspecified atom stereocenters. The van der Waals surface area contributed by atoms with E-state index >= 15 is 0 Å². The molecule has 3 aromatic heterocycles. The van der Waals surface area contributed by atoms with Crippen LogP contribution in [-0.2, 0) is 0 Å². The van der Waals surface area contributed by atoms with E-state index in [1.54, 1.807) is 26.0 Å². The number of hydrogen-bond donors (Lipinski definition) is 0. The first-order chi connectivity index (χ1) is 14.5. The van der Waals surface area contributed by atoms with Crippen molar-refractivity contribution in [3.8, 4) is 23.0 Å². The third-order valence-corrected chi connectivity index (χ3v) is 4.90. The second-order valence-corrected chi connectivity index (χ2v) is 7.12. The van der Waals surface area contributed by atoms with Gasteiger partial charge in [0.25, 0.3) is 11.4 Å². The fourth-order valence-corrected chi connectivity index (χ4v) is 3.57. The molecule has 0 aliphatic heterocycles. The Kier molecular flexibility index (Phi) is 3.99. The molecule has 3 heterocycles. The van der Waals surface area contributed by atoms with Crippen LogP contribution in [0.25, 0.3) is 39.5 Å². The Morgan fingerprint density at radius 1 is 1.03 bits per heavy atom. The van der Waals surface area contributed by atoms with Gasteiger partial charge in [-0.3, -0.25) is 13.8 Å². The summed E-state index contributed by atoms with van der Waals surface area (Å²) in [5, 5.41) is 3.92. The number of aromatic nitrogens is 5. The highest BCUT2D eigenvalue weighted by Gasteiger charge is 2.23. The van der Waals surface area contributed by atoms with Crippen molar-refractivity contribution in [3.63, 3.8) is 0 Å². The molecular weight excluding hydrogens is 392 g/mol. The molecule has 150 valence electrons. The maximum Gasteiger partial charge on any atom is 0.279 e. The zero-order valence-corrected chi connectivity index (χ0v) is 16.0. The molecule has 0 atom stereocenters. The van der Waals surface area contributed by atoms with Crippen LogP contribution < -0.4 is 5.56 Å². The average molecular weight is 407 g/mol. The molecule has 0 saturated heterocycles. The monoisotopic (exact) mass is 407 g/mol. The predicted octanol–water partition coefficient (Wildman–Crippen LogP) is 4.23. The van der Waals surface area contributed by atoms with Crippen molar-refractivity contribution in [1.29, 1.82) is 0 Å². The zero-order valence-electron chi connectivity index (χ0n) is 16.0. The van der Waals surface area contributed by atoms with E-state index in [2.05, 4.69) is 15.1 Å². The first kappa shape index (κ1) is 18.2. The smallest absolute Gasteiger partial charge is 0.279 e. The summed E-state index contributed by atoms with van der Waals surface area (Å²) in [5.41, 5.74) is 1.23. The topological polar surface area (TPSA) is 78.2 Å². The van der Waals surface area contributed by atoms with E-state index in [-0.39, 0.29) is 40.3 Å². The fourth-order valence-electron chi connectivity index (χ4n) is 3.57. The van der Waals surface area contributed by atoms with Crippen LogP contribution in [-0.4, -0.2) is 24.1 Å². The zero-order chi connectivity index (χ0) is 21.0. The number of hydrogen-bond acceptors (Lipinski definition) is 5. The van der Waals surface area contributed by atoms with Gasteiger partial charge in [-0.1, -0.05) is 11.2 Å². The number of benzene rings is 2. The predicted molar refractivity (Wildman–Crippen MR) is 106 cm³/mol. The molecule has 5 rings (SSSR count). The standard InChI is InChI=1S/C21H15F2N5O2/c1-11(2)28-17-14(23)4-3-5-15(17)27-10-24-16(18(27)21(28)29)20-25-19(26-30-20)12-6-8-13(22)9-7-12/h3-11H,1-2H3. The summed E-state index contributed by atoms with van der Waals surface area (Å²) in [6, 6.07) is 9.95. The van der Waals surface area contributed by atoms with Gasteiger partial charge in [0.05, 0.1) is 5.52 Å². The van der Waals surface area contributed by atoms with Crippen LogP contribution in [0.15, 0.2) is 58.1 Å². The summed E-state index contributed by atoms with van der Waals surface area (Å²) in [7, 11) is 0. The minimum Gasteiger partial charge on any atom is -0.332 e. The van der Waals surface area contributed by atoms with Crippen molar-refractivity contribution in [2.75, 3.05) is 0 Å². The molecule has 0 fully saturated rings. The van der Waals surface area contributed by atoms with Gasteiger partial charge in [0.2, 0.25) is 5.82 Å². The van der Waals surface area contributed by atoms with Crippen LogP contribution in [0, 0.1) is 11.6 Å². The first-order valence-electron chi connectivity index (χ1n) is 9.25. The second-order valence-electron chi connectivity index (χ2n) is 7.12. The first-order valence-corrected chi connectivity index (χ1v) is 9.25. The van der Waals surface area contributed by atoms with Gasteiger partial charge >= 0.3 is 0 Å². The number of imidazole rings is 1. The summed E-state index contributed by atoms with van der Waals surface area (Å²) in [4.78, 5) is 21.9. The Labute approximate surface area is 168 Å². The van der Waals surface area contributed by atoms with Crippen LogP contribution in [0.5, 0.6) is 0 Å². The van der Waals surface area contributed by atoms with Gasteiger partial charge in [-0.2, -0.15) is 4.98 Å². The highest BCUT2D eigenvalue weighted by Crippen LogP contribution is 2.27. The lowest BCUT2D eigenvalue weighted by molar-refractivity contribution is 0.431. The molecule has 0 radical (unpaired) electrons. The van der Waals surface area contributed by atoms with Gasteiger partial charge < -0.3 is 4.52 Å². The summed E-state index contributed by atoms with van der Waals surface area (Å²) in [5.74, 6) is -0.593. The van der Waals surface area contributed by atoms with Crippen molar-refractivity contribution in [2.45, 2.75) is 19.9 Å². The van der Waals surface area contributed by atoms with Gasteiger partial charge in [-0.15, -0.1) is 0 Å². The fraction of sp³-hybridized carbons (Fsp3) is 0.143. The molecule has 0 amide bonds. The van der Waals surface area contributed by atoms with Crippen molar-refractivity contribution in [2.24, 2.45) is 0 Å². The van der Waals surface area contributed by atoms with Crippen LogP contribution >= 0.6 is 0 Å². The Hall–Kier alpha value is -3.88. The Morgan fingerprint density at radius 3 is 2.53 bits per heavy atom. The largest absolute Gasteiger partial charge is 0.332 e. The Morgan fingerprint density at radius 2 is 1.80 bits per heavy atom. The number of nitrogens with zero attached hydrogens (tertiary/aromatic N) is 5. The summed E-state index contributed by atoms with van der Waals surface area (Å²) >= 11 is 0. The highest BCUT2D eigenvalue weighted by molar-refractivity contribution is 5.84. The van der Waals surface area contributed by atoms with Crippen LogP contribution in [0.2, 0.25) is 0 Å². The van der Waals surface area contributed by atoms with Gasteiger partial charge in [0.1, 0.15) is 29.0 Å². The molecule has 0 N–H and O–H groups in total. The van der Waals surface area contributed by atoms with E-state index in [0.717, 1.165) is 0 Å². The molecule has 0 saturated carbocycles. The normalized spacial score (nSPS) is 11.8. The number of halogens is 2. The minimum atomic E-state index is -0.494. The lowest BCUT2D eigenvalue weighted by Crippen LogP contribution is -2.25. The van der Waals surface area contributed by atoms with E-state index in [0.29, 0.717) is 11.1 Å². The third-order valence-electron chi connectivity index (χ3n) is 4.90. The van der Waals surface area contributed by atoms with Crippen LogP contribution in [0.4, 0.5) is 8.78 Å². The van der Waals surface area contributed by atoms with E-state index in [1.807, 2.05) is 0 Å². The second kappa shape index (κ2) is 6.58. The third kappa shape index (κ3) is 2.62. The summed E-state index contributed by atoms with van der Waals surface area (Å²) < 4.78 is 36.0. The van der Waals surface area contributed by atoms with Crippen molar-refractivity contribution in [1.82, 2.24) is 24.1 Å². The van der Waals surface area contributed by atoms with E-state index < -0.39 is 11.4 Å². The molecule has 0 spiro atoms. The number of para-hydroxylation sites is 1. The molecule has 0 aliphatic carbocycles. The summed E-state index contributed by atoms with van der Waals surface area (Å²) in [6.07, 6.45) is 1.43. The van der Waals surface area contributed by atoms with Gasteiger partial charge in [-0.25, -0.2) is 13.8 Å². The molecule has 5 aromatic rings. The lowest BCUT2D eigenvalue weighted by atomic mass is 10.2. The molecule has 0 aliphatic rings. The van der Waals surface area contributed by atoms with E-state index in [4.69, 9.17) is 4.52 Å².